The maximum Gasteiger partial charge on any atom is 0.319 e. The Bertz CT molecular complexity index is 169. The van der Waals surface area contributed by atoms with Crippen molar-refractivity contribution in [2.45, 2.75) is 20.8 Å². The van der Waals surface area contributed by atoms with Crippen LogP contribution in [-0.4, -0.2) is 49.1 Å². The van der Waals surface area contributed by atoms with Crippen LogP contribution in [-0.2, 0) is 0 Å². The molecule has 1 unspecified atom stereocenters. The highest BCUT2D eigenvalue weighted by atomic mass is 16.2. The molecule has 0 rings (SSSR count). The van der Waals surface area contributed by atoms with Gasteiger partial charge in [0.1, 0.15) is 0 Å². The number of amides is 2. The highest BCUT2D eigenvalue weighted by Crippen LogP contribution is 2.00. The minimum atomic E-state index is 0.0929. The van der Waals surface area contributed by atoms with Crippen LogP contribution in [0, 0.1) is 5.92 Å². The molecule has 0 aliphatic heterocycles. The number of hydrogen-bond donors (Lipinski definition) is 1. The van der Waals surface area contributed by atoms with E-state index in [0.29, 0.717) is 12.5 Å². The molecule has 4 heteroatoms. The van der Waals surface area contributed by atoms with Crippen LogP contribution in [0.15, 0.2) is 0 Å². The topological polar surface area (TPSA) is 49.6 Å². The molecule has 14 heavy (non-hydrogen) atoms. The lowest BCUT2D eigenvalue weighted by Gasteiger charge is -2.27. The summed E-state index contributed by atoms with van der Waals surface area (Å²) in [5.74, 6) is 0.361. The number of hydrogen-bond acceptors (Lipinski definition) is 2. The summed E-state index contributed by atoms with van der Waals surface area (Å²) < 4.78 is 0. The predicted molar refractivity (Wildman–Crippen MR) is 59.2 cm³/mol. The molecule has 2 N–H and O–H groups in total. The van der Waals surface area contributed by atoms with Crippen LogP contribution in [0.5, 0.6) is 0 Å². The maximum absolute atomic E-state index is 11.8. The number of carbonyl (C=O) groups excluding carboxylic acids is 1. The van der Waals surface area contributed by atoms with E-state index in [0.717, 1.165) is 19.6 Å². The normalized spacial score (nSPS) is 12.4. The van der Waals surface area contributed by atoms with Crippen molar-refractivity contribution in [1.29, 1.82) is 0 Å². The van der Waals surface area contributed by atoms with Crippen molar-refractivity contribution < 1.29 is 4.79 Å². The van der Waals surface area contributed by atoms with Gasteiger partial charge in [0.15, 0.2) is 0 Å². The molecular weight excluding hydrogens is 178 g/mol. The summed E-state index contributed by atoms with van der Waals surface area (Å²) in [7, 11) is 1.83. The first-order valence-corrected chi connectivity index (χ1v) is 5.26. The van der Waals surface area contributed by atoms with Gasteiger partial charge in [-0.1, -0.05) is 6.92 Å². The monoisotopic (exact) mass is 201 g/mol. The molecular formula is C10H23N3O. The minimum Gasteiger partial charge on any atom is -0.330 e. The van der Waals surface area contributed by atoms with E-state index in [2.05, 4.69) is 0 Å². The lowest BCUT2D eigenvalue weighted by Crippen LogP contribution is -2.43. The molecule has 0 aliphatic rings. The first kappa shape index (κ1) is 13.2. The number of nitrogens with zero attached hydrogens (tertiary/aromatic N) is 2. The van der Waals surface area contributed by atoms with Gasteiger partial charge in [-0.25, -0.2) is 4.79 Å². The van der Waals surface area contributed by atoms with Gasteiger partial charge in [0.25, 0.3) is 0 Å². The van der Waals surface area contributed by atoms with Crippen LogP contribution in [0.4, 0.5) is 4.79 Å². The maximum atomic E-state index is 11.8. The second-order valence-corrected chi connectivity index (χ2v) is 3.68. The fourth-order valence-electron chi connectivity index (χ4n) is 1.36. The third kappa shape index (κ3) is 3.96. The van der Waals surface area contributed by atoms with E-state index in [1.807, 2.05) is 32.7 Å². The van der Waals surface area contributed by atoms with Crippen LogP contribution in [0.1, 0.15) is 20.8 Å². The van der Waals surface area contributed by atoms with Gasteiger partial charge in [-0.15, -0.1) is 0 Å². The van der Waals surface area contributed by atoms with E-state index in [-0.39, 0.29) is 6.03 Å². The Morgan fingerprint density at radius 1 is 1.36 bits per heavy atom. The summed E-state index contributed by atoms with van der Waals surface area (Å²) in [6.07, 6.45) is 0. The number of nitrogens with two attached hydrogens (primary N) is 1. The molecule has 0 saturated heterocycles. The molecule has 0 saturated carbocycles. The second-order valence-electron chi connectivity index (χ2n) is 3.68. The molecule has 0 aromatic heterocycles. The summed E-state index contributed by atoms with van der Waals surface area (Å²) in [4.78, 5) is 15.3. The zero-order valence-corrected chi connectivity index (χ0v) is 9.79. The average Bonchev–Trinajstić information content (AvgIpc) is 2.19. The zero-order chi connectivity index (χ0) is 11.1. The van der Waals surface area contributed by atoms with E-state index in [1.54, 1.807) is 4.90 Å². The molecule has 1 atom stereocenters. The quantitative estimate of drug-likeness (QED) is 0.720. The van der Waals surface area contributed by atoms with E-state index >= 15 is 0 Å². The molecule has 4 nitrogen and oxygen atoms in total. The van der Waals surface area contributed by atoms with Gasteiger partial charge >= 0.3 is 6.03 Å². The van der Waals surface area contributed by atoms with Crippen molar-refractivity contribution in [3.63, 3.8) is 0 Å². The van der Waals surface area contributed by atoms with Gasteiger partial charge in [0.2, 0.25) is 0 Å². The number of rotatable bonds is 5. The highest BCUT2D eigenvalue weighted by molar-refractivity contribution is 5.74. The third-order valence-electron chi connectivity index (χ3n) is 2.35. The van der Waals surface area contributed by atoms with Crippen LogP contribution >= 0.6 is 0 Å². The average molecular weight is 201 g/mol. The molecule has 0 aliphatic carbocycles. The Balaban J connectivity index is 4.09. The first-order chi connectivity index (χ1) is 6.56. The van der Waals surface area contributed by atoms with Crippen molar-refractivity contribution in [2.75, 3.05) is 33.2 Å². The largest absolute Gasteiger partial charge is 0.330 e. The Morgan fingerprint density at radius 2 is 1.86 bits per heavy atom. The Hall–Kier alpha value is -0.770. The third-order valence-corrected chi connectivity index (χ3v) is 2.35. The van der Waals surface area contributed by atoms with E-state index in [4.69, 9.17) is 5.73 Å². The zero-order valence-electron chi connectivity index (χ0n) is 9.79. The van der Waals surface area contributed by atoms with Crippen LogP contribution in [0.25, 0.3) is 0 Å². The fourth-order valence-corrected chi connectivity index (χ4v) is 1.36. The predicted octanol–water partition coefficient (Wildman–Crippen LogP) is 0.975. The lowest BCUT2D eigenvalue weighted by molar-refractivity contribution is 0.162. The minimum absolute atomic E-state index is 0.0929. The molecule has 0 aromatic rings. The van der Waals surface area contributed by atoms with Gasteiger partial charge in [0, 0.05) is 26.7 Å². The SMILES string of the molecule is CCN(CC)C(=O)N(C)CC(C)CN. The Labute approximate surface area is 87.0 Å². The van der Waals surface area contributed by atoms with Gasteiger partial charge in [0.05, 0.1) is 0 Å². The first-order valence-electron chi connectivity index (χ1n) is 5.26. The fraction of sp³-hybridized carbons (Fsp3) is 0.900. The van der Waals surface area contributed by atoms with E-state index in [9.17, 15) is 4.79 Å². The molecule has 0 bridgehead atoms. The molecule has 2 amide bonds. The van der Waals surface area contributed by atoms with Gasteiger partial charge < -0.3 is 15.5 Å². The van der Waals surface area contributed by atoms with Crippen molar-refractivity contribution in [3.05, 3.63) is 0 Å². The van der Waals surface area contributed by atoms with Gasteiger partial charge in [-0.05, 0) is 26.3 Å². The summed E-state index contributed by atoms with van der Waals surface area (Å²) in [5.41, 5.74) is 5.51. The van der Waals surface area contributed by atoms with Gasteiger partial charge in [-0.2, -0.15) is 0 Å². The number of carbonyl (C=O) groups is 1. The Morgan fingerprint density at radius 3 is 2.21 bits per heavy atom. The standard InChI is InChI=1S/C10H23N3O/c1-5-13(6-2)10(14)12(4)8-9(3)7-11/h9H,5-8,11H2,1-4H3. The molecule has 0 radical (unpaired) electrons. The lowest BCUT2D eigenvalue weighted by atomic mass is 10.2. The van der Waals surface area contributed by atoms with E-state index in [1.165, 1.54) is 0 Å². The highest BCUT2D eigenvalue weighted by Gasteiger charge is 2.15. The molecule has 0 fully saturated rings. The summed E-state index contributed by atoms with van der Waals surface area (Å²) >= 11 is 0. The number of urea groups is 1. The summed E-state index contributed by atoms with van der Waals surface area (Å²) in [6.45, 7) is 8.89. The molecule has 0 heterocycles. The van der Waals surface area contributed by atoms with E-state index < -0.39 is 0 Å². The Kier molecular flexibility index (Phi) is 6.28. The van der Waals surface area contributed by atoms with Crippen molar-refractivity contribution in [2.24, 2.45) is 11.7 Å². The van der Waals surface area contributed by atoms with Crippen LogP contribution in [0.2, 0.25) is 0 Å². The smallest absolute Gasteiger partial charge is 0.319 e. The van der Waals surface area contributed by atoms with Crippen molar-refractivity contribution in [3.8, 4) is 0 Å². The van der Waals surface area contributed by atoms with Gasteiger partial charge in [-0.3, -0.25) is 0 Å². The second kappa shape index (κ2) is 6.65. The molecule has 84 valence electrons. The molecule has 0 aromatic carbocycles. The summed E-state index contributed by atoms with van der Waals surface area (Å²) in [5, 5.41) is 0. The van der Waals surface area contributed by atoms with Crippen LogP contribution in [0.3, 0.4) is 0 Å². The molecule has 0 spiro atoms. The summed E-state index contributed by atoms with van der Waals surface area (Å²) in [6, 6.07) is 0.0929. The van der Waals surface area contributed by atoms with Crippen molar-refractivity contribution >= 4 is 6.03 Å². The van der Waals surface area contributed by atoms with Crippen LogP contribution < -0.4 is 5.73 Å². The van der Waals surface area contributed by atoms with Crippen molar-refractivity contribution in [1.82, 2.24) is 9.80 Å².